The normalized spacial score (nSPS) is 27.4. The van der Waals surface area contributed by atoms with Gasteiger partial charge in [0.2, 0.25) is 0 Å². The average Bonchev–Trinajstić information content (AvgIpc) is 3.07. The minimum absolute atomic E-state index is 0.318. The molecule has 0 amide bonds. The minimum atomic E-state index is 0.318. The van der Waals surface area contributed by atoms with E-state index in [1.165, 1.54) is 36.1 Å². The van der Waals surface area contributed by atoms with Gasteiger partial charge in [-0.25, -0.2) is 0 Å². The molecule has 2 N–H and O–H groups in total. The van der Waals surface area contributed by atoms with Gasteiger partial charge in [0.05, 0.1) is 6.10 Å². The van der Waals surface area contributed by atoms with Gasteiger partial charge >= 0.3 is 0 Å². The fourth-order valence-electron chi connectivity index (χ4n) is 3.09. The third-order valence-electron chi connectivity index (χ3n) is 4.24. The Kier molecular flexibility index (Phi) is 4.46. The smallest absolute Gasteiger partial charge is 0.0576 e. The summed E-state index contributed by atoms with van der Waals surface area (Å²) in [4.78, 5) is 1.43. The summed E-state index contributed by atoms with van der Waals surface area (Å²) in [5, 5.41) is 0.571. The quantitative estimate of drug-likeness (QED) is 0.896. The third-order valence-corrected chi connectivity index (χ3v) is 5.71. The van der Waals surface area contributed by atoms with Gasteiger partial charge in [0.25, 0.3) is 0 Å². The zero-order valence-electron chi connectivity index (χ0n) is 11.4. The number of rotatable bonds is 5. The number of nitrogens with two attached hydrogens (primary N) is 1. The van der Waals surface area contributed by atoms with Crippen LogP contribution in [0.3, 0.4) is 0 Å². The Hall–Kier alpha value is -0.510. The standard InChI is InChI=1S/C16H23NOS/c17-14(8-3-6-13-7-4-10-18-13)16-11-12-5-1-2-9-15(12)19-16/h1-2,5,9,13-14,16H,3-4,6-8,10-11,17H2. The largest absolute Gasteiger partial charge is 0.378 e. The van der Waals surface area contributed by atoms with Crippen molar-refractivity contribution in [3.63, 3.8) is 0 Å². The van der Waals surface area contributed by atoms with Crippen LogP contribution in [0.5, 0.6) is 0 Å². The van der Waals surface area contributed by atoms with Crippen LogP contribution < -0.4 is 5.73 Å². The van der Waals surface area contributed by atoms with Gasteiger partial charge in [-0.2, -0.15) is 0 Å². The summed E-state index contributed by atoms with van der Waals surface area (Å²) >= 11 is 1.97. The van der Waals surface area contributed by atoms with E-state index in [9.17, 15) is 0 Å². The Balaban J connectivity index is 1.43. The highest BCUT2D eigenvalue weighted by Gasteiger charge is 2.27. The van der Waals surface area contributed by atoms with Crippen molar-refractivity contribution in [2.45, 2.75) is 60.8 Å². The Morgan fingerprint density at radius 3 is 3.05 bits per heavy atom. The molecule has 3 unspecified atom stereocenters. The lowest BCUT2D eigenvalue weighted by Crippen LogP contribution is -2.32. The summed E-state index contributed by atoms with van der Waals surface area (Å²) in [6.07, 6.45) is 7.68. The van der Waals surface area contributed by atoms with Crippen LogP contribution in [0.1, 0.15) is 37.7 Å². The van der Waals surface area contributed by atoms with E-state index in [-0.39, 0.29) is 0 Å². The third kappa shape index (κ3) is 3.33. The molecule has 2 heterocycles. The van der Waals surface area contributed by atoms with Crippen LogP contribution >= 0.6 is 11.8 Å². The molecule has 2 aliphatic rings. The fraction of sp³-hybridized carbons (Fsp3) is 0.625. The van der Waals surface area contributed by atoms with E-state index >= 15 is 0 Å². The van der Waals surface area contributed by atoms with Gasteiger partial charge in [-0.05, 0) is 50.2 Å². The first-order valence-electron chi connectivity index (χ1n) is 7.44. The maximum atomic E-state index is 6.38. The maximum absolute atomic E-state index is 6.38. The summed E-state index contributed by atoms with van der Waals surface area (Å²) in [6.45, 7) is 0.963. The van der Waals surface area contributed by atoms with E-state index in [0.29, 0.717) is 17.4 Å². The van der Waals surface area contributed by atoms with Crippen molar-refractivity contribution in [2.75, 3.05) is 6.61 Å². The molecule has 0 spiro atoms. The summed E-state index contributed by atoms with van der Waals surface area (Å²) in [7, 11) is 0. The topological polar surface area (TPSA) is 35.2 Å². The van der Waals surface area contributed by atoms with E-state index in [0.717, 1.165) is 19.4 Å². The number of thioether (sulfide) groups is 1. The average molecular weight is 277 g/mol. The minimum Gasteiger partial charge on any atom is -0.378 e. The Labute approximate surface area is 120 Å². The number of fused-ring (bicyclic) bond motifs is 1. The molecule has 3 atom stereocenters. The lowest BCUT2D eigenvalue weighted by atomic mass is 10.00. The van der Waals surface area contributed by atoms with Crippen molar-refractivity contribution in [1.29, 1.82) is 0 Å². The number of hydrogen-bond acceptors (Lipinski definition) is 3. The first kappa shape index (κ1) is 13.5. The fourth-order valence-corrected chi connectivity index (χ4v) is 4.45. The van der Waals surface area contributed by atoms with Crippen molar-refractivity contribution >= 4 is 11.8 Å². The molecule has 0 aliphatic carbocycles. The van der Waals surface area contributed by atoms with Crippen LogP contribution in [0.4, 0.5) is 0 Å². The van der Waals surface area contributed by atoms with Crippen molar-refractivity contribution in [1.82, 2.24) is 0 Å². The molecule has 0 radical (unpaired) electrons. The Bertz CT molecular complexity index is 392. The van der Waals surface area contributed by atoms with E-state index in [4.69, 9.17) is 10.5 Å². The van der Waals surface area contributed by atoms with Gasteiger partial charge in [-0.15, -0.1) is 11.8 Å². The van der Waals surface area contributed by atoms with E-state index in [1.807, 2.05) is 11.8 Å². The number of benzene rings is 1. The molecule has 0 saturated carbocycles. The molecule has 2 aliphatic heterocycles. The molecule has 2 nitrogen and oxygen atoms in total. The molecule has 3 heteroatoms. The SMILES string of the molecule is NC(CCCC1CCCO1)C1Cc2ccccc2S1. The zero-order valence-corrected chi connectivity index (χ0v) is 12.2. The molecule has 0 aromatic heterocycles. The van der Waals surface area contributed by atoms with Gasteiger partial charge < -0.3 is 10.5 Å². The molecule has 19 heavy (non-hydrogen) atoms. The molecule has 104 valence electrons. The lowest BCUT2D eigenvalue weighted by Gasteiger charge is -2.19. The van der Waals surface area contributed by atoms with Gasteiger partial charge in [-0.1, -0.05) is 18.2 Å². The number of ether oxygens (including phenoxy) is 1. The first-order valence-corrected chi connectivity index (χ1v) is 8.32. The van der Waals surface area contributed by atoms with Crippen molar-refractivity contribution in [3.8, 4) is 0 Å². The van der Waals surface area contributed by atoms with E-state index in [1.54, 1.807) is 0 Å². The van der Waals surface area contributed by atoms with Gasteiger partial charge in [0.1, 0.15) is 0 Å². The van der Waals surface area contributed by atoms with Crippen LogP contribution in [0.2, 0.25) is 0 Å². The second-order valence-electron chi connectivity index (χ2n) is 5.70. The van der Waals surface area contributed by atoms with Gasteiger partial charge in [0, 0.05) is 22.8 Å². The Morgan fingerprint density at radius 1 is 1.37 bits per heavy atom. The van der Waals surface area contributed by atoms with E-state index in [2.05, 4.69) is 24.3 Å². The molecule has 1 aromatic rings. The second-order valence-corrected chi connectivity index (χ2v) is 6.98. The van der Waals surface area contributed by atoms with Crippen LogP contribution in [-0.2, 0) is 11.2 Å². The summed E-state index contributed by atoms with van der Waals surface area (Å²) < 4.78 is 5.66. The van der Waals surface area contributed by atoms with E-state index < -0.39 is 0 Å². The van der Waals surface area contributed by atoms with Gasteiger partial charge in [0.15, 0.2) is 0 Å². The molecular formula is C16H23NOS. The highest BCUT2D eigenvalue weighted by molar-refractivity contribution is 8.00. The molecule has 1 fully saturated rings. The highest BCUT2D eigenvalue weighted by Crippen LogP contribution is 2.38. The first-order chi connectivity index (χ1) is 9.33. The van der Waals surface area contributed by atoms with Crippen LogP contribution in [-0.4, -0.2) is 24.0 Å². The maximum Gasteiger partial charge on any atom is 0.0576 e. The van der Waals surface area contributed by atoms with Gasteiger partial charge in [-0.3, -0.25) is 0 Å². The molecular weight excluding hydrogens is 254 g/mol. The molecule has 1 saturated heterocycles. The predicted molar refractivity (Wildman–Crippen MR) is 80.6 cm³/mol. The summed E-state index contributed by atoms with van der Waals surface area (Å²) in [5.41, 5.74) is 7.86. The van der Waals surface area contributed by atoms with Crippen molar-refractivity contribution in [3.05, 3.63) is 29.8 Å². The van der Waals surface area contributed by atoms with Crippen molar-refractivity contribution < 1.29 is 4.74 Å². The Morgan fingerprint density at radius 2 is 2.26 bits per heavy atom. The van der Waals surface area contributed by atoms with Crippen LogP contribution in [0.15, 0.2) is 29.2 Å². The molecule has 3 rings (SSSR count). The molecule has 1 aromatic carbocycles. The lowest BCUT2D eigenvalue weighted by molar-refractivity contribution is 0.101. The number of hydrogen-bond donors (Lipinski definition) is 1. The van der Waals surface area contributed by atoms with Crippen LogP contribution in [0, 0.1) is 0 Å². The summed E-state index contributed by atoms with van der Waals surface area (Å²) in [5.74, 6) is 0. The molecule has 0 bridgehead atoms. The summed E-state index contributed by atoms with van der Waals surface area (Å²) in [6, 6.07) is 9.03. The monoisotopic (exact) mass is 277 g/mol. The predicted octanol–water partition coefficient (Wildman–Crippen LogP) is 3.38. The van der Waals surface area contributed by atoms with Crippen LogP contribution in [0.25, 0.3) is 0 Å². The van der Waals surface area contributed by atoms with Crippen molar-refractivity contribution in [2.24, 2.45) is 5.73 Å². The zero-order chi connectivity index (χ0) is 13.1. The second kappa shape index (κ2) is 6.29. The highest BCUT2D eigenvalue weighted by atomic mass is 32.2.